The highest BCUT2D eigenvalue weighted by Crippen LogP contribution is 2.47. The van der Waals surface area contributed by atoms with Gasteiger partial charge in [0.25, 0.3) is 0 Å². The van der Waals surface area contributed by atoms with Crippen molar-refractivity contribution in [2.45, 2.75) is 25.2 Å². The standard InChI is InChI=1S/C16H16O3/c1-2-19-15(18)12-4-3-5-13(10-12)16-8-6-11(7-9-16)14(16)17/h3-6,8,10-11H,2,7,9H2,1H3. The van der Waals surface area contributed by atoms with E-state index < -0.39 is 5.41 Å². The van der Waals surface area contributed by atoms with Crippen molar-refractivity contribution in [2.24, 2.45) is 5.92 Å². The number of benzene rings is 1. The molecule has 98 valence electrons. The Morgan fingerprint density at radius 3 is 2.89 bits per heavy atom. The number of hydrogen-bond donors (Lipinski definition) is 0. The average molecular weight is 256 g/mol. The van der Waals surface area contributed by atoms with E-state index in [1.54, 1.807) is 19.1 Å². The van der Waals surface area contributed by atoms with Crippen molar-refractivity contribution in [1.29, 1.82) is 0 Å². The minimum atomic E-state index is -0.493. The van der Waals surface area contributed by atoms with Gasteiger partial charge in [-0.25, -0.2) is 4.79 Å². The molecule has 1 fully saturated rings. The first-order valence-corrected chi connectivity index (χ1v) is 6.69. The number of ketones is 1. The lowest BCUT2D eigenvalue weighted by Gasteiger charge is -2.22. The molecule has 3 heteroatoms. The molecule has 2 bridgehead atoms. The summed E-state index contributed by atoms with van der Waals surface area (Å²) in [5.74, 6) is 0.0180. The zero-order chi connectivity index (χ0) is 13.5. The minimum Gasteiger partial charge on any atom is -0.462 e. The van der Waals surface area contributed by atoms with Crippen molar-refractivity contribution in [3.8, 4) is 0 Å². The molecule has 0 spiro atoms. The van der Waals surface area contributed by atoms with Crippen LogP contribution in [-0.2, 0) is 14.9 Å². The molecule has 19 heavy (non-hydrogen) atoms. The van der Waals surface area contributed by atoms with Crippen LogP contribution in [-0.4, -0.2) is 18.4 Å². The van der Waals surface area contributed by atoms with Gasteiger partial charge in [0, 0.05) is 5.92 Å². The zero-order valence-corrected chi connectivity index (χ0v) is 10.9. The van der Waals surface area contributed by atoms with Gasteiger partial charge in [0.1, 0.15) is 0 Å². The van der Waals surface area contributed by atoms with Gasteiger partial charge in [-0.15, -0.1) is 0 Å². The Labute approximate surface area is 112 Å². The summed E-state index contributed by atoms with van der Waals surface area (Å²) in [5, 5.41) is 0. The number of carbonyl (C=O) groups excluding carboxylic acids is 2. The van der Waals surface area contributed by atoms with Gasteiger partial charge in [-0.3, -0.25) is 4.79 Å². The van der Waals surface area contributed by atoms with E-state index in [-0.39, 0.29) is 17.7 Å². The molecule has 2 aliphatic rings. The lowest BCUT2D eigenvalue weighted by molar-refractivity contribution is -0.122. The number of carbonyl (C=O) groups is 2. The predicted molar refractivity (Wildman–Crippen MR) is 70.9 cm³/mol. The lowest BCUT2D eigenvalue weighted by Crippen LogP contribution is -2.27. The highest BCUT2D eigenvalue weighted by atomic mass is 16.5. The summed E-state index contributed by atoms with van der Waals surface area (Å²) in [5.41, 5.74) is 0.942. The summed E-state index contributed by atoms with van der Waals surface area (Å²) in [6.07, 6.45) is 5.77. The summed E-state index contributed by atoms with van der Waals surface area (Å²) in [6, 6.07) is 7.28. The number of ether oxygens (including phenoxy) is 1. The molecule has 3 nitrogen and oxygen atoms in total. The average Bonchev–Trinajstić information content (AvgIpc) is 2.94. The van der Waals surface area contributed by atoms with Gasteiger partial charge in [-0.1, -0.05) is 24.3 Å². The van der Waals surface area contributed by atoms with Crippen LogP contribution in [0.3, 0.4) is 0 Å². The first-order valence-electron chi connectivity index (χ1n) is 6.69. The van der Waals surface area contributed by atoms with Crippen LogP contribution in [0, 0.1) is 5.92 Å². The molecule has 0 saturated heterocycles. The van der Waals surface area contributed by atoms with Crippen LogP contribution in [0.2, 0.25) is 0 Å². The number of esters is 1. The third kappa shape index (κ3) is 1.72. The molecule has 0 aliphatic heterocycles. The molecule has 1 aromatic carbocycles. The van der Waals surface area contributed by atoms with Crippen LogP contribution < -0.4 is 0 Å². The third-order valence-corrected chi connectivity index (χ3v) is 4.13. The molecule has 0 amide bonds. The number of hydrogen-bond acceptors (Lipinski definition) is 3. The van der Waals surface area contributed by atoms with Crippen LogP contribution in [0.5, 0.6) is 0 Å². The second kappa shape index (κ2) is 4.34. The van der Waals surface area contributed by atoms with Gasteiger partial charge < -0.3 is 4.74 Å². The van der Waals surface area contributed by atoms with E-state index in [2.05, 4.69) is 0 Å². The summed E-state index contributed by atoms with van der Waals surface area (Å²) >= 11 is 0. The van der Waals surface area contributed by atoms with Crippen molar-refractivity contribution < 1.29 is 14.3 Å². The van der Waals surface area contributed by atoms with Crippen molar-refractivity contribution in [3.63, 3.8) is 0 Å². The molecule has 2 aliphatic carbocycles. The summed E-state index contributed by atoms with van der Waals surface area (Å²) in [7, 11) is 0. The van der Waals surface area contributed by atoms with Crippen molar-refractivity contribution in [1.82, 2.24) is 0 Å². The molecule has 3 rings (SSSR count). The summed E-state index contributed by atoms with van der Waals surface area (Å²) in [4.78, 5) is 24.1. The zero-order valence-electron chi connectivity index (χ0n) is 10.9. The Morgan fingerprint density at radius 1 is 1.47 bits per heavy atom. The normalized spacial score (nSPS) is 27.8. The van der Waals surface area contributed by atoms with E-state index in [0.717, 1.165) is 18.4 Å². The Balaban J connectivity index is 1.98. The van der Waals surface area contributed by atoms with Crippen LogP contribution in [0.1, 0.15) is 35.7 Å². The number of Topliss-reactive ketones (excluding diaryl/α,β-unsaturated/α-hetero) is 1. The second-order valence-electron chi connectivity index (χ2n) is 5.14. The first kappa shape index (κ1) is 12.2. The van der Waals surface area contributed by atoms with Crippen LogP contribution in [0.15, 0.2) is 36.4 Å². The molecular weight excluding hydrogens is 240 g/mol. The largest absolute Gasteiger partial charge is 0.462 e. The topological polar surface area (TPSA) is 43.4 Å². The highest BCUT2D eigenvalue weighted by molar-refractivity contribution is 6.00. The van der Waals surface area contributed by atoms with E-state index in [0.29, 0.717) is 12.2 Å². The second-order valence-corrected chi connectivity index (χ2v) is 5.14. The van der Waals surface area contributed by atoms with Gasteiger partial charge in [-0.05, 0) is 37.5 Å². The number of allylic oxidation sites excluding steroid dienone is 2. The Kier molecular flexibility index (Phi) is 2.77. The molecule has 0 aromatic heterocycles. The number of rotatable bonds is 3. The lowest BCUT2D eigenvalue weighted by atomic mass is 9.79. The van der Waals surface area contributed by atoms with E-state index in [9.17, 15) is 9.59 Å². The van der Waals surface area contributed by atoms with Gasteiger partial charge >= 0.3 is 5.97 Å². The molecule has 1 aromatic rings. The van der Waals surface area contributed by atoms with Crippen molar-refractivity contribution in [2.75, 3.05) is 6.61 Å². The van der Waals surface area contributed by atoms with Crippen molar-refractivity contribution >= 4 is 11.8 Å². The first-order chi connectivity index (χ1) is 9.17. The Bertz CT molecular complexity index is 573. The Morgan fingerprint density at radius 2 is 2.32 bits per heavy atom. The van der Waals surface area contributed by atoms with Crippen molar-refractivity contribution in [3.05, 3.63) is 47.5 Å². The SMILES string of the molecule is CCOC(=O)c1cccc(C23C=CC(CC2)C3=O)c1. The van der Waals surface area contributed by atoms with Gasteiger partial charge in [0.15, 0.2) is 5.78 Å². The molecule has 0 radical (unpaired) electrons. The molecule has 0 heterocycles. The minimum absolute atomic E-state index is 0.0752. The fourth-order valence-electron chi connectivity index (χ4n) is 3.12. The van der Waals surface area contributed by atoms with Crippen LogP contribution in [0.25, 0.3) is 0 Å². The van der Waals surface area contributed by atoms with E-state index in [1.165, 1.54) is 0 Å². The van der Waals surface area contributed by atoms with E-state index in [4.69, 9.17) is 4.74 Å². The van der Waals surface area contributed by atoms with Gasteiger partial charge in [0.2, 0.25) is 0 Å². The third-order valence-electron chi connectivity index (χ3n) is 4.13. The van der Waals surface area contributed by atoms with Gasteiger partial charge in [-0.2, -0.15) is 0 Å². The Hall–Kier alpha value is -1.90. The molecule has 1 saturated carbocycles. The fraction of sp³-hybridized carbons (Fsp3) is 0.375. The molecule has 2 unspecified atom stereocenters. The fourth-order valence-corrected chi connectivity index (χ4v) is 3.12. The molecule has 2 atom stereocenters. The predicted octanol–water partition coefficient (Wildman–Crippen LogP) is 2.65. The van der Waals surface area contributed by atoms with E-state index >= 15 is 0 Å². The monoisotopic (exact) mass is 256 g/mol. The maximum atomic E-state index is 12.3. The summed E-state index contributed by atoms with van der Waals surface area (Å²) in [6.45, 7) is 2.14. The van der Waals surface area contributed by atoms with Crippen LogP contribution in [0.4, 0.5) is 0 Å². The smallest absolute Gasteiger partial charge is 0.338 e. The number of fused-ring (bicyclic) bond motifs is 2. The highest BCUT2D eigenvalue weighted by Gasteiger charge is 2.50. The molecular formula is C16H16O3. The quantitative estimate of drug-likeness (QED) is 0.617. The molecule has 0 N–H and O–H groups in total. The maximum absolute atomic E-state index is 12.3. The summed E-state index contributed by atoms with van der Waals surface area (Å²) < 4.78 is 5.01. The maximum Gasteiger partial charge on any atom is 0.338 e. The van der Waals surface area contributed by atoms with Gasteiger partial charge in [0.05, 0.1) is 17.6 Å². The van der Waals surface area contributed by atoms with E-state index in [1.807, 2.05) is 24.3 Å². The van der Waals surface area contributed by atoms with Crippen LogP contribution >= 0.6 is 0 Å².